The van der Waals surface area contributed by atoms with E-state index in [9.17, 15) is 10.1 Å². The lowest BCUT2D eigenvalue weighted by Gasteiger charge is -2.34. The Hall–Kier alpha value is -3.55. The summed E-state index contributed by atoms with van der Waals surface area (Å²) in [6, 6.07) is 12.7. The third-order valence-corrected chi connectivity index (χ3v) is 5.57. The van der Waals surface area contributed by atoms with Crippen molar-refractivity contribution in [2.75, 3.05) is 32.2 Å². The van der Waals surface area contributed by atoms with Crippen molar-refractivity contribution in [2.45, 2.75) is 25.9 Å². The molecule has 1 aliphatic rings. The molecule has 0 atom stereocenters. The van der Waals surface area contributed by atoms with Crippen LogP contribution in [0.2, 0.25) is 0 Å². The summed E-state index contributed by atoms with van der Waals surface area (Å²) in [7, 11) is 3.22. The number of nitro benzene ring substituents is 1. The van der Waals surface area contributed by atoms with Crippen LogP contribution in [0.3, 0.4) is 0 Å². The molecule has 2 heterocycles. The van der Waals surface area contributed by atoms with Crippen LogP contribution in [0, 0.1) is 17.0 Å². The Kier molecular flexibility index (Phi) is 5.79. The van der Waals surface area contributed by atoms with Gasteiger partial charge in [-0.15, -0.1) is 0 Å². The summed E-state index contributed by atoms with van der Waals surface area (Å²) in [4.78, 5) is 17.8. The number of benzene rings is 2. The van der Waals surface area contributed by atoms with Gasteiger partial charge in [-0.3, -0.25) is 10.1 Å². The number of anilines is 1. The van der Waals surface area contributed by atoms with Crippen LogP contribution in [0.4, 0.5) is 11.4 Å². The van der Waals surface area contributed by atoms with Gasteiger partial charge in [0.2, 0.25) is 5.75 Å². The molecular weight excluding hydrogens is 398 g/mol. The van der Waals surface area contributed by atoms with Crippen LogP contribution in [0.5, 0.6) is 17.2 Å². The quantitative estimate of drug-likeness (QED) is 0.426. The first-order valence-electron chi connectivity index (χ1n) is 10.2. The van der Waals surface area contributed by atoms with Crippen molar-refractivity contribution in [2.24, 2.45) is 0 Å². The van der Waals surface area contributed by atoms with E-state index in [2.05, 4.69) is 9.88 Å². The summed E-state index contributed by atoms with van der Waals surface area (Å²) in [5.74, 6) is 1.90. The van der Waals surface area contributed by atoms with Crippen molar-refractivity contribution in [1.29, 1.82) is 0 Å². The maximum Gasteiger partial charge on any atom is 0.295 e. The lowest BCUT2D eigenvalue weighted by molar-refractivity contribution is -0.383. The molecule has 1 saturated heterocycles. The van der Waals surface area contributed by atoms with E-state index in [1.54, 1.807) is 20.3 Å². The number of piperidine rings is 1. The summed E-state index contributed by atoms with van der Waals surface area (Å²) in [5, 5.41) is 12.2. The minimum absolute atomic E-state index is 0.0185. The first kappa shape index (κ1) is 20.7. The van der Waals surface area contributed by atoms with Crippen molar-refractivity contribution in [1.82, 2.24) is 4.98 Å². The lowest BCUT2D eigenvalue weighted by atomic mass is 10.0. The highest BCUT2D eigenvalue weighted by molar-refractivity contribution is 5.97. The van der Waals surface area contributed by atoms with E-state index in [-0.39, 0.29) is 16.7 Å². The number of non-ortho nitro benzene ring substituents is 1. The molecule has 1 aromatic heterocycles. The summed E-state index contributed by atoms with van der Waals surface area (Å²) in [6.45, 7) is 3.40. The van der Waals surface area contributed by atoms with Crippen molar-refractivity contribution >= 4 is 22.3 Å². The summed E-state index contributed by atoms with van der Waals surface area (Å²) >= 11 is 0. The predicted molar refractivity (Wildman–Crippen MR) is 119 cm³/mol. The van der Waals surface area contributed by atoms with E-state index in [0.717, 1.165) is 42.7 Å². The maximum atomic E-state index is 11.4. The van der Waals surface area contributed by atoms with Gasteiger partial charge in [0.25, 0.3) is 5.69 Å². The highest BCUT2D eigenvalue weighted by Crippen LogP contribution is 2.39. The topological polar surface area (TPSA) is 87.0 Å². The van der Waals surface area contributed by atoms with Gasteiger partial charge >= 0.3 is 0 Å². The molecule has 8 nitrogen and oxygen atoms in total. The molecule has 1 aliphatic heterocycles. The molecule has 2 aromatic carbocycles. The Balaban J connectivity index is 1.56. The zero-order valence-electron chi connectivity index (χ0n) is 17.8. The number of hydrogen-bond donors (Lipinski definition) is 0. The van der Waals surface area contributed by atoms with Crippen molar-refractivity contribution < 1.29 is 19.1 Å². The molecule has 0 amide bonds. The molecule has 1 fully saturated rings. The fraction of sp³-hybridized carbons (Fsp3) is 0.348. The molecule has 0 N–H and O–H groups in total. The number of methoxy groups -OCH3 is 2. The van der Waals surface area contributed by atoms with E-state index in [4.69, 9.17) is 14.2 Å². The third kappa shape index (κ3) is 4.05. The zero-order valence-corrected chi connectivity index (χ0v) is 17.8. The van der Waals surface area contributed by atoms with Crippen molar-refractivity contribution in [3.8, 4) is 17.2 Å². The Morgan fingerprint density at radius 3 is 2.32 bits per heavy atom. The third-order valence-electron chi connectivity index (χ3n) is 5.57. The van der Waals surface area contributed by atoms with Gasteiger partial charge in [0.15, 0.2) is 17.0 Å². The molecule has 0 aliphatic carbocycles. The van der Waals surface area contributed by atoms with Gasteiger partial charge in [-0.1, -0.05) is 18.2 Å². The fourth-order valence-electron chi connectivity index (χ4n) is 4.06. The first-order chi connectivity index (χ1) is 15.0. The number of aromatic nitrogens is 1. The average Bonchev–Trinajstić information content (AvgIpc) is 2.78. The molecule has 0 unspecified atom stereocenters. The Morgan fingerprint density at radius 2 is 1.71 bits per heavy atom. The molecule has 0 radical (unpaired) electrons. The Morgan fingerprint density at radius 1 is 1.06 bits per heavy atom. The summed E-state index contributed by atoms with van der Waals surface area (Å²) in [5.41, 5.74) is 2.19. The number of nitrogens with zero attached hydrogens (tertiary/aromatic N) is 3. The van der Waals surface area contributed by atoms with Gasteiger partial charge in [-0.25, -0.2) is 4.98 Å². The van der Waals surface area contributed by atoms with E-state index in [1.165, 1.54) is 6.07 Å². The molecule has 0 spiro atoms. The number of hydrogen-bond acceptors (Lipinski definition) is 7. The number of nitro groups is 1. The van der Waals surface area contributed by atoms with E-state index >= 15 is 0 Å². The van der Waals surface area contributed by atoms with E-state index < -0.39 is 0 Å². The molecular formula is C23H25N3O5. The van der Waals surface area contributed by atoms with Crippen LogP contribution in [0.25, 0.3) is 10.9 Å². The SMILES string of the molecule is COc1cccc(OC)c1OC1CCN(c2cc(C)nc3c([N+](=O)[O-])cccc23)CC1. The number of rotatable bonds is 6. The highest BCUT2D eigenvalue weighted by Gasteiger charge is 2.26. The molecule has 4 rings (SSSR count). The van der Waals surface area contributed by atoms with Crippen molar-refractivity contribution in [3.05, 3.63) is 58.3 Å². The lowest BCUT2D eigenvalue weighted by Crippen LogP contribution is -2.38. The standard InChI is InChI=1S/C23H25N3O5/c1-15-14-19(17-6-4-7-18(26(27)28)22(17)24-15)25-12-10-16(11-13-25)31-23-20(29-2)8-5-9-21(23)30-3/h4-9,14,16H,10-13H2,1-3H3. The second-order valence-corrected chi connectivity index (χ2v) is 7.51. The number of pyridine rings is 1. The molecule has 0 bridgehead atoms. The molecule has 8 heteroatoms. The van der Waals surface area contributed by atoms with Gasteiger partial charge in [-0.05, 0) is 25.1 Å². The predicted octanol–water partition coefficient (Wildman–Crippen LogP) is 4.52. The maximum absolute atomic E-state index is 11.4. The van der Waals surface area contributed by atoms with Crippen LogP contribution in [-0.2, 0) is 0 Å². The van der Waals surface area contributed by atoms with Crippen LogP contribution in [0.1, 0.15) is 18.5 Å². The minimum Gasteiger partial charge on any atom is -0.493 e. The fourth-order valence-corrected chi connectivity index (χ4v) is 4.06. The summed E-state index contributed by atoms with van der Waals surface area (Å²) in [6.07, 6.45) is 1.63. The molecule has 31 heavy (non-hydrogen) atoms. The molecule has 0 saturated carbocycles. The van der Waals surface area contributed by atoms with Gasteiger partial charge in [0, 0.05) is 48.8 Å². The molecule has 3 aromatic rings. The van der Waals surface area contributed by atoms with Crippen molar-refractivity contribution in [3.63, 3.8) is 0 Å². The monoisotopic (exact) mass is 423 g/mol. The van der Waals surface area contributed by atoms with E-state index in [0.29, 0.717) is 22.8 Å². The largest absolute Gasteiger partial charge is 0.493 e. The second kappa shape index (κ2) is 8.67. The second-order valence-electron chi connectivity index (χ2n) is 7.51. The number of ether oxygens (including phenoxy) is 3. The van der Waals surface area contributed by atoms with Gasteiger partial charge < -0.3 is 19.1 Å². The number of fused-ring (bicyclic) bond motifs is 1. The van der Waals surface area contributed by atoms with Crippen LogP contribution >= 0.6 is 0 Å². The Labute approximate surface area is 180 Å². The normalized spacial score (nSPS) is 14.5. The van der Waals surface area contributed by atoms with Crippen LogP contribution in [-0.4, -0.2) is 43.3 Å². The zero-order chi connectivity index (χ0) is 22.0. The van der Waals surface area contributed by atoms with Crippen LogP contribution < -0.4 is 19.1 Å². The van der Waals surface area contributed by atoms with Gasteiger partial charge in [0.05, 0.1) is 19.1 Å². The van der Waals surface area contributed by atoms with E-state index in [1.807, 2.05) is 37.3 Å². The highest BCUT2D eigenvalue weighted by atomic mass is 16.6. The summed E-state index contributed by atoms with van der Waals surface area (Å²) < 4.78 is 17.1. The Bertz CT molecular complexity index is 1090. The first-order valence-corrected chi connectivity index (χ1v) is 10.2. The smallest absolute Gasteiger partial charge is 0.295 e. The van der Waals surface area contributed by atoms with Gasteiger partial charge in [0.1, 0.15) is 6.10 Å². The van der Waals surface area contributed by atoms with Gasteiger partial charge in [-0.2, -0.15) is 0 Å². The molecule has 162 valence electrons. The number of aryl methyl sites for hydroxylation is 1. The van der Waals surface area contributed by atoms with Crippen LogP contribution in [0.15, 0.2) is 42.5 Å². The minimum atomic E-state index is -0.376. The number of para-hydroxylation sites is 2. The average molecular weight is 423 g/mol.